The van der Waals surface area contributed by atoms with Gasteiger partial charge >= 0.3 is 5.97 Å². The normalized spacial score (nSPS) is 15.6. The summed E-state index contributed by atoms with van der Waals surface area (Å²) >= 11 is 0. The molecule has 1 unspecified atom stereocenters. The lowest BCUT2D eigenvalue weighted by Gasteiger charge is -2.43. The number of aliphatic hydroxyl groups excluding tert-OH is 1. The molecule has 0 fully saturated rings. The quantitative estimate of drug-likeness (QED) is 0.312. The Morgan fingerprint density at radius 1 is 1.20 bits per heavy atom. The number of aliphatic hydroxyl groups is 1. The van der Waals surface area contributed by atoms with E-state index in [4.69, 9.17) is 9.16 Å². The highest BCUT2D eigenvalue weighted by molar-refractivity contribution is 6.74. The molecule has 0 spiro atoms. The van der Waals surface area contributed by atoms with E-state index in [1.54, 1.807) is 6.08 Å². The predicted octanol–water partition coefficient (Wildman–Crippen LogP) is 5.07. The maximum absolute atomic E-state index is 12.5. The summed E-state index contributed by atoms with van der Waals surface area (Å²) in [5, 5.41) is 9.99. The third-order valence-corrected chi connectivity index (χ3v) is 9.78. The fourth-order valence-corrected chi connectivity index (χ4v) is 3.87. The molecule has 0 bridgehead atoms. The summed E-state index contributed by atoms with van der Waals surface area (Å²) in [6.45, 7) is 20.7. The molecule has 0 aliphatic heterocycles. The van der Waals surface area contributed by atoms with Crippen LogP contribution in [0.3, 0.4) is 0 Å². The molecule has 0 heterocycles. The highest BCUT2D eigenvalue weighted by Gasteiger charge is 2.45. The summed E-state index contributed by atoms with van der Waals surface area (Å²) in [5.41, 5.74) is -0.713. The van der Waals surface area contributed by atoms with Gasteiger partial charge in [0.25, 0.3) is 0 Å². The van der Waals surface area contributed by atoms with Crippen molar-refractivity contribution in [3.63, 3.8) is 0 Å². The van der Waals surface area contributed by atoms with E-state index in [-0.39, 0.29) is 23.2 Å². The third-order valence-electron chi connectivity index (χ3n) is 5.29. The first kappa shape index (κ1) is 24.3. The van der Waals surface area contributed by atoms with Gasteiger partial charge in [-0.1, -0.05) is 26.8 Å². The van der Waals surface area contributed by atoms with Crippen molar-refractivity contribution in [1.29, 1.82) is 0 Å². The third kappa shape index (κ3) is 7.63. The van der Waals surface area contributed by atoms with Crippen LogP contribution in [0.4, 0.5) is 0 Å². The zero-order valence-corrected chi connectivity index (χ0v) is 18.6. The molecule has 0 radical (unpaired) electrons. The Morgan fingerprint density at radius 3 is 2.20 bits per heavy atom. The van der Waals surface area contributed by atoms with Gasteiger partial charge in [0.1, 0.15) is 0 Å². The molecular weight excluding hydrogens is 332 g/mol. The molecule has 0 aromatic heterocycles. The largest absolute Gasteiger partial charge is 0.466 e. The van der Waals surface area contributed by atoms with E-state index in [0.717, 1.165) is 12.8 Å². The number of rotatable bonds is 11. The van der Waals surface area contributed by atoms with Crippen LogP contribution in [0.5, 0.6) is 0 Å². The van der Waals surface area contributed by atoms with Gasteiger partial charge in [0.2, 0.25) is 0 Å². The zero-order chi connectivity index (χ0) is 19.9. The second-order valence-corrected chi connectivity index (χ2v) is 13.7. The summed E-state index contributed by atoms with van der Waals surface area (Å²) in [6, 6.07) is 0. The molecule has 0 aromatic rings. The van der Waals surface area contributed by atoms with Gasteiger partial charge in [-0.05, 0) is 64.6 Å². The van der Waals surface area contributed by atoms with Crippen molar-refractivity contribution in [3.05, 3.63) is 12.7 Å². The van der Waals surface area contributed by atoms with E-state index in [0.29, 0.717) is 19.4 Å². The molecule has 0 aromatic carbocycles. The highest BCUT2D eigenvalue weighted by atomic mass is 28.4. The molecule has 0 saturated carbocycles. The molecule has 0 aliphatic rings. The average Bonchev–Trinajstić information content (AvgIpc) is 2.45. The number of ether oxygens (including phenoxy) is 1. The lowest BCUT2D eigenvalue weighted by atomic mass is 9.83. The van der Waals surface area contributed by atoms with E-state index in [1.165, 1.54) is 0 Å². The van der Waals surface area contributed by atoms with E-state index >= 15 is 0 Å². The number of hydrogen-bond acceptors (Lipinski definition) is 4. The first-order valence-corrected chi connectivity index (χ1v) is 12.3. The Bertz CT molecular complexity index is 424. The lowest BCUT2D eigenvalue weighted by molar-refractivity contribution is -0.159. The van der Waals surface area contributed by atoms with Crippen LogP contribution in [0.2, 0.25) is 18.1 Å². The second kappa shape index (κ2) is 9.88. The molecule has 148 valence electrons. The van der Waals surface area contributed by atoms with Crippen molar-refractivity contribution in [2.24, 2.45) is 5.41 Å². The van der Waals surface area contributed by atoms with Crippen molar-refractivity contribution >= 4 is 14.3 Å². The van der Waals surface area contributed by atoms with Gasteiger partial charge in [0, 0.05) is 0 Å². The predicted molar refractivity (Wildman–Crippen MR) is 107 cm³/mol. The number of carbonyl (C=O) groups is 1. The van der Waals surface area contributed by atoms with Gasteiger partial charge in [0.15, 0.2) is 8.32 Å². The summed E-state index contributed by atoms with van der Waals surface area (Å²) < 4.78 is 11.9. The molecule has 2 atom stereocenters. The number of esters is 1. The molecule has 4 nitrogen and oxygen atoms in total. The van der Waals surface area contributed by atoms with Gasteiger partial charge in [-0.2, -0.15) is 0 Å². The van der Waals surface area contributed by atoms with E-state index < -0.39 is 13.7 Å². The Kier molecular flexibility index (Phi) is 9.62. The van der Waals surface area contributed by atoms with Gasteiger partial charge in [-0.15, -0.1) is 6.58 Å². The van der Waals surface area contributed by atoms with Gasteiger partial charge in [0.05, 0.1) is 24.2 Å². The zero-order valence-electron chi connectivity index (χ0n) is 17.6. The number of hydrogen-bond donors (Lipinski definition) is 1. The smallest absolute Gasteiger partial charge is 0.314 e. The summed E-state index contributed by atoms with van der Waals surface area (Å²) in [7, 11) is -2.03. The van der Waals surface area contributed by atoms with Crippen LogP contribution < -0.4 is 0 Å². The Labute approximate surface area is 156 Å². The monoisotopic (exact) mass is 372 g/mol. The maximum atomic E-state index is 12.5. The lowest BCUT2D eigenvalue weighted by Crippen LogP contribution is -2.50. The van der Waals surface area contributed by atoms with Crippen LogP contribution in [0.25, 0.3) is 0 Å². The van der Waals surface area contributed by atoms with Crippen LogP contribution in [0.1, 0.15) is 67.2 Å². The SMILES string of the molecule is C=CCC(O)CCC[C@@H](O[Si](C)(C)C(C)(C)C)C(C)(C)C(=O)OCC. The standard InChI is InChI=1S/C20H40O4Si/c1-10-13-16(21)14-12-15-17(20(6,7)18(22)23-11-2)24-25(8,9)19(3,4)5/h10,16-17,21H,1,11-15H2,2-9H3/t16?,17-/m1/s1. The Balaban J connectivity index is 5.24. The second-order valence-electron chi connectivity index (χ2n) is 8.92. The molecule has 0 aliphatic carbocycles. The van der Waals surface area contributed by atoms with Crippen LogP contribution in [0, 0.1) is 5.41 Å². The molecule has 0 rings (SSSR count). The summed E-state index contributed by atoms with van der Waals surface area (Å²) in [4.78, 5) is 12.5. The fourth-order valence-electron chi connectivity index (χ4n) is 2.40. The molecule has 0 saturated heterocycles. The fraction of sp³-hybridized carbons (Fsp3) is 0.850. The molecule has 0 amide bonds. The first-order valence-electron chi connectivity index (χ1n) is 9.43. The minimum atomic E-state index is -2.03. The average molecular weight is 373 g/mol. The van der Waals surface area contributed by atoms with Crippen molar-refractivity contribution < 1.29 is 19.1 Å². The molecule has 1 N–H and O–H groups in total. The minimum Gasteiger partial charge on any atom is -0.466 e. The topological polar surface area (TPSA) is 55.8 Å². The van der Waals surface area contributed by atoms with Gasteiger partial charge < -0.3 is 14.3 Å². The van der Waals surface area contributed by atoms with Gasteiger partial charge in [-0.25, -0.2) is 0 Å². The Morgan fingerprint density at radius 2 is 1.76 bits per heavy atom. The highest BCUT2D eigenvalue weighted by Crippen LogP contribution is 2.41. The Hall–Kier alpha value is -0.653. The van der Waals surface area contributed by atoms with Crippen molar-refractivity contribution in [2.45, 2.75) is 97.6 Å². The van der Waals surface area contributed by atoms with E-state index in [9.17, 15) is 9.90 Å². The van der Waals surface area contributed by atoms with Crippen molar-refractivity contribution in [2.75, 3.05) is 6.61 Å². The summed E-state index contributed by atoms with van der Waals surface area (Å²) in [6.07, 6.45) is 3.94. The summed E-state index contributed by atoms with van der Waals surface area (Å²) in [5.74, 6) is -0.217. The first-order chi connectivity index (χ1) is 11.3. The number of carbonyl (C=O) groups excluding carboxylic acids is 1. The van der Waals surface area contributed by atoms with Crippen molar-refractivity contribution in [1.82, 2.24) is 0 Å². The van der Waals surface area contributed by atoms with Gasteiger partial charge in [-0.3, -0.25) is 4.79 Å². The van der Waals surface area contributed by atoms with Crippen LogP contribution >= 0.6 is 0 Å². The van der Waals surface area contributed by atoms with E-state index in [1.807, 2.05) is 20.8 Å². The van der Waals surface area contributed by atoms with Crippen LogP contribution in [0.15, 0.2) is 12.7 Å². The molecule has 25 heavy (non-hydrogen) atoms. The van der Waals surface area contributed by atoms with E-state index in [2.05, 4.69) is 40.4 Å². The minimum absolute atomic E-state index is 0.0678. The van der Waals surface area contributed by atoms with Crippen LogP contribution in [-0.4, -0.2) is 38.2 Å². The van der Waals surface area contributed by atoms with Crippen LogP contribution in [-0.2, 0) is 14.0 Å². The maximum Gasteiger partial charge on any atom is 0.314 e. The molecular formula is C20H40O4Si. The molecule has 5 heteroatoms. The van der Waals surface area contributed by atoms with Crippen molar-refractivity contribution in [3.8, 4) is 0 Å².